The maximum Gasteiger partial charge on any atom is 0.419 e. The zero-order valence-electron chi connectivity index (χ0n) is 15.7. The molecule has 0 radical (unpaired) electrons. The number of aryl methyl sites for hydroxylation is 2. The average molecular weight is 382 g/mol. The van der Waals surface area contributed by atoms with Crippen LogP contribution in [0, 0.1) is 0 Å². The molecule has 3 aromatic rings. The molecular formula is C20H22N4O4. The van der Waals surface area contributed by atoms with Crippen LogP contribution in [0.3, 0.4) is 0 Å². The molecule has 3 heterocycles. The quantitative estimate of drug-likeness (QED) is 0.727. The summed E-state index contributed by atoms with van der Waals surface area (Å²) in [5, 5.41) is 0. The van der Waals surface area contributed by atoms with Gasteiger partial charge in [-0.25, -0.2) is 9.78 Å². The second-order valence-corrected chi connectivity index (χ2v) is 6.96. The van der Waals surface area contributed by atoms with Gasteiger partial charge in [-0.3, -0.25) is 14.2 Å². The number of para-hydroxylation sites is 2. The molecule has 146 valence electrons. The molecule has 1 aliphatic heterocycles. The van der Waals surface area contributed by atoms with Crippen molar-refractivity contribution in [2.24, 2.45) is 0 Å². The summed E-state index contributed by atoms with van der Waals surface area (Å²) in [5.74, 6) is 0.0129. The molecule has 8 heteroatoms. The summed E-state index contributed by atoms with van der Waals surface area (Å²) in [4.78, 5) is 45.9. The standard InChI is InChI=1S/C20H22N4O4/c1-2-13-12-17(25)22-19(21-13)15-7-5-10-23(15)18(26)9-11-24-14-6-3-4-8-16(14)28-20(24)27/h3-4,6,8,12,15H,2,5,7,9-11H2,1H3,(H,21,22,25). The molecule has 0 bridgehead atoms. The molecule has 1 fully saturated rings. The Bertz CT molecular complexity index is 1130. The second kappa shape index (κ2) is 7.46. The van der Waals surface area contributed by atoms with Crippen LogP contribution in [0.25, 0.3) is 11.1 Å². The topological polar surface area (TPSA) is 101 Å². The number of amides is 1. The minimum atomic E-state index is -0.464. The van der Waals surface area contributed by atoms with Crippen molar-refractivity contribution >= 4 is 17.0 Å². The Morgan fingerprint density at radius 3 is 2.96 bits per heavy atom. The van der Waals surface area contributed by atoms with Crippen molar-refractivity contribution in [3.8, 4) is 0 Å². The molecule has 2 aromatic heterocycles. The lowest BCUT2D eigenvalue weighted by atomic mass is 10.2. The number of aromatic amines is 1. The van der Waals surface area contributed by atoms with Gasteiger partial charge in [-0.15, -0.1) is 0 Å². The molecule has 1 aromatic carbocycles. The number of likely N-dealkylation sites (tertiary alicyclic amines) is 1. The van der Waals surface area contributed by atoms with Crippen LogP contribution < -0.4 is 11.3 Å². The summed E-state index contributed by atoms with van der Waals surface area (Å²) in [7, 11) is 0. The number of nitrogens with zero attached hydrogens (tertiary/aromatic N) is 3. The van der Waals surface area contributed by atoms with Gasteiger partial charge in [0.25, 0.3) is 5.56 Å². The van der Waals surface area contributed by atoms with E-state index in [1.54, 1.807) is 23.1 Å². The van der Waals surface area contributed by atoms with Crippen LogP contribution in [0.5, 0.6) is 0 Å². The van der Waals surface area contributed by atoms with Crippen molar-refractivity contribution < 1.29 is 9.21 Å². The van der Waals surface area contributed by atoms with Gasteiger partial charge >= 0.3 is 5.76 Å². The van der Waals surface area contributed by atoms with Crippen LogP contribution in [0.2, 0.25) is 0 Å². The zero-order chi connectivity index (χ0) is 19.7. The Morgan fingerprint density at radius 1 is 1.32 bits per heavy atom. The van der Waals surface area contributed by atoms with Gasteiger partial charge in [0.05, 0.1) is 11.6 Å². The third-order valence-corrected chi connectivity index (χ3v) is 5.19. The van der Waals surface area contributed by atoms with Crippen LogP contribution in [-0.4, -0.2) is 31.9 Å². The highest BCUT2D eigenvalue weighted by Crippen LogP contribution is 2.30. The smallest absolute Gasteiger partial charge is 0.408 e. The summed E-state index contributed by atoms with van der Waals surface area (Å²) >= 11 is 0. The molecule has 0 aliphatic carbocycles. The van der Waals surface area contributed by atoms with Gasteiger partial charge in [0.15, 0.2) is 5.58 Å². The molecule has 4 rings (SSSR count). The highest BCUT2D eigenvalue weighted by atomic mass is 16.4. The van der Waals surface area contributed by atoms with Crippen LogP contribution in [0.1, 0.15) is 43.7 Å². The van der Waals surface area contributed by atoms with Gasteiger partial charge in [0.1, 0.15) is 5.82 Å². The minimum Gasteiger partial charge on any atom is -0.408 e. The van der Waals surface area contributed by atoms with E-state index in [9.17, 15) is 14.4 Å². The number of carbonyl (C=O) groups is 1. The lowest BCUT2D eigenvalue weighted by Gasteiger charge is -2.24. The molecule has 0 saturated carbocycles. The normalized spacial score (nSPS) is 16.8. The van der Waals surface area contributed by atoms with Gasteiger partial charge in [-0.1, -0.05) is 19.1 Å². The van der Waals surface area contributed by atoms with Gasteiger partial charge in [-0.05, 0) is 31.4 Å². The van der Waals surface area contributed by atoms with Crippen molar-refractivity contribution in [1.82, 2.24) is 19.4 Å². The number of hydrogen-bond donors (Lipinski definition) is 1. The fourth-order valence-electron chi connectivity index (χ4n) is 3.79. The fraction of sp³-hybridized carbons (Fsp3) is 0.400. The summed E-state index contributed by atoms with van der Waals surface area (Å²) < 4.78 is 6.70. The lowest BCUT2D eigenvalue weighted by Crippen LogP contribution is -2.33. The molecule has 1 N–H and O–H groups in total. The van der Waals surface area contributed by atoms with E-state index in [4.69, 9.17) is 4.42 Å². The Morgan fingerprint density at radius 2 is 2.14 bits per heavy atom. The van der Waals surface area contributed by atoms with Crippen molar-refractivity contribution in [3.63, 3.8) is 0 Å². The molecule has 1 amide bonds. The van der Waals surface area contributed by atoms with Crippen molar-refractivity contribution in [1.29, 1.82) is 0 Å². The first-order valence-electron chi connectivity index (χ1n) is 9.55. The average Bonchev–Trinajstić information content (AvgIpc) is 3.30. The Balaban J connectivity index is 1.53. The molecular weight excluding hydrogens is 360 g/mol. The SMILES string of the molecule is CCc1cc(=O)[nH]c(C2CCCN2C(=O)CCn2c(=O)oc3ccccc32)n1. The van der Waals surface area contributed by atoms with Gasteiger partial charge < -0.3 is 14.3 Å². The van der Waals surface area contributed by atoms with Crippen molar-refractivity contribution in [3.05, 3.63) is 62.8 Å². The first-order valence-corrected chi connectivity index (χ1v) is 9.55. The van der Waals surface area contributed by atoms with Crippen molar-refractivity contribution in [2.75, 3.05) is 6.54 Å². The van der Waals surface area contributed by atoms with E-state index in [-0.39, 0.29) is 30.5 Å². The number of benzene rings is 1. The highest BCUT2D eigenvalue weighted by Gasteiger charge is 2.31. The maximum atomic E-state index is 12.9. The lowest BCUT2D eigenvalue weighted by molar-refractivity contribution is -0.132. The predicted octanol–water partition coefficient (Wildman–Crippen LogP) is 1.99. The van der Waals surface area contributed by atoms with E-state index in [0.29, 0.717) is 29.9 Å². The minimum absolute atomic E-state index is 0.0655. The van der Waals surface area contributed by atoms with Crippen LogP contribution in [-0.2, 0) is 17.8 Å². The van der Waals surface area contributed by atoms with E-state index in [1.807, 2.05) is 13.0 Å². The maximum absolute atomic E-state index is 12.9. The number of carbonyl (C=O) groups excluding carboxylic acids is 1. The summed E-state index contributed by atoms with van der Waals surface area (Å²) in [6.45, 7) is 2.80. The van der Waals surface area contributed by atoms with Gasteiger partial charge in [0.2, 0.25) is 5.91 Å². The summed E-state index contributed by atoms with van der Waals surface area (Å²) in [6.07, 6.45) is 2.45. The Kier molecular flexibility index (Phi) is 4.85. The van der Waals surface area contributed by atoms with Crippen LogP contribution in [0.4, 0.5) is 0 Å². The largest absolute Gasteiger partial charge is 0.419 e. The third kappa shape index (κ3) is 3.37. The van der Waals surface area contributed by atoms with E-state index in [2.05, 4.69) is 9.97 Å². The van der Waals surface area contributed by atoms with E-state index in [0.717, 1.165) is 18.5 Å². The number of H-pyrrole nitrogens is 1. The molecule has 1 aliphatic rings. The number of rotatable bonds is 5. The third-order valence-electron chi connectivity index (χ3n) is 5.19. The fourth-order valence-corrected chi connectivity index (χ4v) is 3.79. The first kappa shape index (κ1) is 18.2. The number of aromatic nitrogens is 3. The summed E-state index contributed by atoms with van der Waals surface area (Å²) in [6, 6.07) is 8.41. The molecule has 0 spiro atoms. The van der Waals surface area contributed by atoms with E-state index < -0.39 is 5.76 Å². The molecule has 28 heavy (non-hydrogen) atoms. The van der Waals surface area contributed by atoms with Gasteiger partial charge in [0, 0.05) is 31.3 Å². The number of nitrogens with one attached hydrogen (secondary N) is 1. The second-order valence-electron chi connectivity index (χ2n) is 6.96. The number of oxazole rings is 1. The van der Waals surface area contributed by atoms with Crippen LogP contribution in [0.15, 0.2) is 44.3 Å². The zero-order valence-corrected chi connectivity index (χ0v) is 15.7. The Hall–Kier alpha value is -3.16. The molecule has 1 saturated heterocycles. The van der Waals surface area contributed by atoms with Gasteiger partial charge in [-0.2, -0.15) is 0 Å². The number of fused-ring (bicyclic) bond motifs is 1. The number of hydrogen-bond acceptors (Lipinski definition) is 5. The monoisotopic (exact) mass is 382 g/mol. The molecule has 1 unspecified atom stereocenters. The van der Waals surface area contributed by atoms with Crippen molar-refractivity contribution in [2.45, 2.75) is 45.2 Å². The predicted molar refractivity (Wildman–Crippen MR) is 103 cm³/mol. The molecule has 1 atom stereocenters. The van der Waals surface area contributed by atoms with Crippen LogP contribution >= 0.6 is 0 Å². The van der Waals surface area contributed by atoms with E-state index in [1.165, 1.54) is 10.6 Å². The summed E-state index contributed by atoms with van der Waals surface area (Å²) in [5.41, 5.74) is 1.71. The highest BCUT2D eigenvalue weighted by molar-refractivity contribution is 5.77. The van der Waals surface area contributed by atoms with E-state index >= 15 is 0 Å². The molecule has 8 nitrogen and oxygen atoms in total. The first-order chi connectivity index (χ1) is 13.6. The Labute approximate surface area is 160 Å².